The van der Waals surface area contributed by atoms with Gasteiger partial charge in [-0.15, -0.1) is 0 Å². The average Bonchev–Trinajstić information content (AvgIpc) is 3.55. The first kappa shape index (κ1) is 28.6. The van der Waals surface area contributed by atoms with E-state index in [-0.39, 0.29) is 0 Å². The zero-order valence-electron chi connectivity index (χ0n) is 27.7. The molecule has 9 aromatic carbocycles. The van der Waals surface area contributed by atoms with Gasteiger partial charge in [0.15, 0.2) is 0 Å². The van der Waals surface area contributed by atoms with Crippen LogP contribution in [0.3, 0.4) is 0 Å². The van der Waals surface area contributed by atoms with Gasteiger partial charge in [-0.3, -0.25) is 0 Å². The molecule has 0 amide bonds. The molecule has 50 heavy (non-hydrogen) atoms. The van der Waals surface area contributed by atoms with Gasteiger partial charge in [0.1, 0.15) is 11.2 Å². The minimum atomic E-state index is 0.900. The van der Waals surface area contributed by atoms with Crippen LogP contribution in [0.15, 0.2) is 163 Å². The molecule has 1 heterocycles. The first-order valence-corrected chi connectivity index (χ1v) is 17.3. The summed E-state index contributed by atoms with van der Waals surface area (Å²) in [6.45, 7) is 6.18. The lowest BCUT2D eigenvalue weighted by Gasteiger charge is -2.18. The number of rotatable bonds is 4. The molecule has 0 unspecified atom stereocenters. The van der Waals surface area contributed by atoms with Crippen molar-refractivity contribution in [2.75, 3.05) is 0 Å². The molecule has 234 valence electrons. The molecule has 1 nitrogen and oxygen atoms in total. The Kier molecular flexibility index (Phi) is 6.31. The summed E-state index contributed by atoms with van der Waals surface area (Å²) in [6, 6.07) is 53.1. The normalized spacial score (nSPS) is 12.1. The minimum Gasteiger partial charge on any atom is -0.455 e. The summed E-state index contributed by atoms with van der Waals surface area (Å²) < 4.78 is 6.80. The van der Waals surface area contributed by atoms with E-state index in [4.69, 9.17) is 4.42 Å². The molecule has 0 spiro atoms. The summed E-state index contributed by atoms with van der Waals surface area (Å²) in [6.07, 6.45) is 6.17. The molecular weight excluding hydrogens is 605 g/mol. The molecule has 0 radical (unpaired) electrons. The average molecular weight is 637 g/mol. The van der Waals surface area contributed by atoms with Crippen LogP contribution in [0.5, 0.6) is 0 Å². The van der Waals surface area contributed by atoms with Crippen LogP contribution >= 0.6 is 0 Å². The van der Waals surface area contributed by atoms with Crippen LogP contribution in [-0.2, 0) is 0 Å². The van der Waals surface area contributed by atoms with Crippen molar-refractivity contribution in [1.29, 1.82) is 0 Å². The Bertz CT molecular complexity index is 2970. The van der Waals surface area contributed by atoms with Crippen LogP contribution in [0.1, 0.15) is 18.1 Å². The molecule has 0 saturated heterocycles. The van der Waals surface area contributed by atoms with E-state index >= 15 is 0 Å². The minimum absolute atomic E-state index is 0.900. The number of hydrogen-bond acceptors (Lipinski definition) is 1. The molecule has 0 saturated carbocycles. The molecule has 10 rings (SSSR count). The van der Waals surface area contributed by atoms with Gasteiger partial charge in [0.2, 0.25) is 0 Å². The molecular formula is C49H32O. The monoisotopic (exact) mass is 636 g/mol. The summed E-state index contributed by atoms with van der Waals surface area (Å²) in [5, 5.41) is 14.6. The summed E-state index contributed by atoms with van der Waals surface area (Å²) in [5.74, 6) is 0. The number of allylic oxidation sites excluding steroid dienone is 1. The van der Waals surface area contributed by atoms with Crippen LogP contribution in [0.2, 0.25) is 0 Å². The predicted octanol–water partition coefficient (Wildman–Crippen LogP) is 14.4. The molecule has 0 atom stereocenters. The maximum atomic E-state index is 6.80. The van der Waals surface area contributed by atoms with Crippen molar-refractivity contribution in [3.05, 3.63) is 169 Å². The van der Waals surface area contributed by atoms with Crippen molar-refractivity contribution in [1.82, 2.24) is 0 Å². The molecule has 10 aromatic rings. The lowest BCUT2D eigenvalue weighted by Crippen LogP contribution is -1.92. The number of furan rings is 1. The Morgan fingerprint density at radius 2 is 0.920 bits per heavy atom. The Morgan fingerprint density at radius 3 is 1.50 bits per heavy atom. The summed E-state index contributed by atoms with van der Waals surface area (Å²) >= 11 is 0. The van der Waals surface area contributed by atoms with Crippen molar-refractivity contribution in [2.45, 2.75) is 6.92 Å². The highest BCUT2D eigenvalue weighted by molar-refractivity contribution is 6.32. The lowest BCUT2D eigenvalue weighted by atomic mass is 9.85. The van der Waals surface area contributed by atoms with Crippen molar-refractivity contribution in [2.24, 2.45) is 0 Å². The summed E-state index contributed by atoms with van der Waals surface area (Å²) in [4.78, 5) is 0. The van der Waals surface area contributed by atoms with E-state index in [9.17, 15) is 0 Å². The van der Waals surface area contributed by atoms with E-state index in [0.29, 0.717) is 0 Å². The van der Waals surface area contributed by atoms with Gasteiger partial charge >= 0.3 is 0 Å². The Labute approximate surface area is 290 Å². The van der Waals surface area contributed by atoms with Gasteiger partial charge in [0, 0.05) is 16.2 Å². The number of benzene rings is 9. The first-order valence-electron chi connectivity index (χ1n) is 17.3. The van der Waals surface area contributed by atoms with Crippen LogP contribution in [-0.4, -0.2) is 0 Å². The van der Waals surface area contributed by atoms with E-state index in [0.717, 1.165) is 27.5 Å². The molecule has 0 bridgehead atoms. The maximum Gasteiger partial charge on any atom is 0.143 e. The molecule has 0 N–H and O–H groups in total. The molecule has 1 aromatic heterocycles. The second kappa shape index (κ2) is 11.1. The molecule has 0 aliphatic heterocycles. The van der Waals surface area contributed by atoms with Gasteiger partial charge < -0.3 is 4.42 Å². The second-order valence-corrected chi connectivity index (χ2v) is 13.2. The predicted molar refractivity (Wildman–Crippen MR) is 217 cm³/mol. The van der Waals surface area contributed by atoms with Crippen LogP contribution < -0.4 is 0 Å². The van der Waals surface area contributed by atoms with Crippen molar-refractivity contribution >= 4 is 88.0 Å². The number of fused-ring (bicyclic) bond motifs is 12. The molecule has 0 fully saturated rings. The molecule has 1 heteroatoms. The highest BCUT2D eigenvalue weighted by Crippen LogP contribution is 2.46. The van der Waals surface area contributed by atoms with Gasteiger partial charge in [0.25, 0.3) is 0 Å². The van der Waals surface area contributed by atoms with E-state index in [1.165, 1.54) is 81.7 Å². The van der Waals surface area contributed by atoms with E-state index in [1.54, 1.807) is 0 Å². The maximum absolute atomic E-state index is 6.80. The topological polar surface area (TPSA) is 13.1 Å². The van der Waals surface area contributed by atoms with E-state index < -0.39 is 0 Å². The summed E-state index contributed by atoms with van der Waals surface area (Å²) in [5.41, 5.74) is 9.00. The SMILES string of the molecule is C=Cc1cc(-c2c3ccccc3c(-c3ccc4oc5c(ccc6c7ccccc7c7ccccc7c65)c4c3)c3ccccc23)ccc1/C=C\C. The quantitative estimate of drug-likeness (QED) is 0.138. The third-order valence-corrected chi connectivity index (χ3v) is 10.5. The van der Waals surface area contributed by atoms with Gasteiger partial charge in [-0.1, -0.05) is 146 Å². The highest BCUT2D eigenvalue weighted by Gasteiger charge is 2.20. The van der Waals surface area contributed by atoms with Gasteiger partial charge in [-0.25, -0.2) is 0 Å². The third kappa shape index (κ3) is 4.07. The van der Waals surface area contributed by atoms with Crippen molar-refractivity contribution in [3.63, 3.8) is 0 Å². The Hall–Kier alpha value is -6.44. The van der Waals surface area contributed by atoms with Crippen molar-refractivity contribution < 1.29 is 4.42 Å². The standard InChI is InChI=1S/C49H32O/c1-3-13-31-22-23-32(28-30(31)4-2)46-38-18-9-11-20-40(38)47(41-21-12-10-19-39(41)46)33-24-27-45-44(29-33)43-26-25-42-36-16-6-5-14-34(36)35-15-7-8-17-37(35)48(42)49(43)50-45/h3-29H,2H2,1H3/b13-3-. The highest BCUT2D eigenvalue weighted by atomic mass is 16.3. The smallest absolute Gasteiger partial charge is 0.143 e. The van der Waals surface area contributed by atoms with E-state index in [1.807, 2.05) is 6.08 Å². The Balaban J connectivity index is 1.26. The largest absolute Gasteiger partial charge is 0.455 e. The van der Waals surface area contributed by atoms with Gasteiger partial charge in [-0.05, 0) is 113 Å². The number of hydrogen-bond donors (Lipinski definition) is 0. The second-order valence-electron chi connectivity index (χ2n) is 13.2. The Morgan fingerprint density at radius 1 is 0.440 bits per heavy atom. The van der Waals surface area contributed by atoms with Crippen LogP contribution in [0, 0.1) is 0 Å². The van der Waals surface area contributed by atoms with Gasteiger partial charge in [-0.2, -0.15) is 0 Å². The zero-order valence-corrected chi connectivity index (χ0v) is 27.7. The van der Waals surface area contributed by atoms with E-state index in [2.05, 4.69) is 171 Å². The van der Waals surface area contributed by atoms with Crippen LogP contribution in [0.25, 0.3) is 110 Å². The van der Waals surface area contributed by atoms with Crippen LogP contribution in [0.4, 0.5) is 0 Å². The molecule has 0 aliphatic carbocycles. The zero-order chi connectivity index (χ0) is 33.3. The fraction of sp³-hybridized carbons (Fsp3) is 0.0204. The first-order chi connectivity index (χ1) is 24.7. The fourth-order valence-electron chi connectivity index (χ4n) is 8.37. The molecule has 0 aliphatic rings. The lowest BCUT2D eigenvalue weighted by molar-refractivity contribution is 0.673. The van der Waals surface area contributed by atoms with Crippen molar-refractivity contribution in [3.8, 4) is 22.3 Å². The summed E-state index contributed by atoms with van der Waals surface area (Å²) in [7, 11) is 0. The third-order valence-electron chi connectivity index (χ3n) is 10.5. The van der Waals surface area contributed by atoms with Gasteiger partial charge in [0.05, 0.1) is 0 Å². The fourth-order valence-corrected chi connectivity index (χ4v) is 8.37.